The second-order valence-electron chi connectivity index (χ2n) is 7.22. The fourth-order valence-electron chi connectivity index (χ4n) is 4.00. The zero-order valence-electron chi connectivity index (χ0n) is 15.1. The van der Waals surface area contributed by atoms with E-state index in [0.717, 1.165) is 19.6 Å². The van der Waals surface area contributed by atoms with E-state index >= 15 is 0 Å². The third-order valence-electron chi connectivity index (χ3n) is 5.38. The summed E-state index contributed by atoms with van der Waals surface area (Å²) in [6.45, 7) is 4.45. The van der Waals surface area contributed by atoms with Gasteiger partial charge in [0.05, 0.1) is 30.1 Å². The molecule has 0 aromatic carbocycles. The van der Waals surface area contributed by atoms with Crippen molar-refractivity contribution in [3.8, 4) is 0 Å². The van der Waals surface area contributed by atoms with E-state index in [1.165, 1.54) is 31.3 Å². The standard InChI is InChI=1S/C19H25N5O2/c1-14-16(7-10-26-14)19(25)21-17-12-23(11-15-5-3-2-4-6-15)13-18(17)24-9-8-20-22-24/h5,7-10,17-18H,2-4,6,11-13H2,1H3,(H,21,25)/t17-,18+/m1/s1. The number of carbonyl (C=O) groups is 1. The average molecular weight is 355 g/mol. The van der Waals surface area contributed by atoms with Gasteiger partial charge in [0.2, 0.25) is 0 Å². The number of carbonyl (C=O) groups excluding carboxylic acids is 1. The molecule has 1 aliphatic carbocycles. The van der Waals surface area contributed by atoms with Crippen LogP contribution in [0.4, 0.5) is 0 Å². The summed E-state index contributed by atoms with van der Waals surface area (Å²) < 4.78 is 7.13. The Balaban J connectivity index is 1.48. The lowest BCUT2D eigenvalue weighted by Crippen LogP contribution is -2.41. The zero-order chi connectivity index (χ0) is 17.9. The number of rotatable bonds is 5. The van der Waals surface area contributed by atoms with Crippen LogP contribution in [0.1, 0.15) is 47.8 Å². The molecule has 1 aliphatic heterocycles. The number of aromatic nitrogens is 3. The molecular formula is C19H25N5O2. The lowest BCUT2D eigenvalue weighted by atomic mass is 9.99. The number of amides is 1. The van der Waals surface area contributed by atoms with Crippen molar-refractivity contribution in [2.45, 2.75) is 44.7 Å². The molecule has 7 nitrogen and oxygen atoms in total. The molecule has 1 saturated heterocycles. The summed E-state index contributed by atoms with van der Waals surface area (Å²) >= 11 is 0. The van der Waals surface area contributed by atoms with Crippen molar-refractivity contribution in [2.75, 3.05) is 19.6 Å². The fourth-order valence-corrected chi connectivity index (χ4v) is 4.00. The highest BCUT2D eigenvalue weighted by Crippen LogP contribution is 2.25. The van der Waals surface area contributed by atoms with Gasteiger partial charge in [-0.15, -0.1) is 5.10 Å². The number of hydrogen-bond donors (Lipinski definition) is 1. The van der Waals surface area contributed by atoms with Crippen molar-refractivity contribution in [2.24, 2.45) is 0 Å². The van der Waals surface area contributed by atoms with Gasteiger partial charge in [0.1, 0.15) is 5.76 Å². The largest absolute Gasteiger partial charge is 0.469 e. The molecule has 4 rings (SSSR count). The van der Waals surface area contributed by atoms with Gasteiger partial charge in [-0.05, 0) is 38.7 Å². The van der Waals surface area contributed by atoms with Crippen LogP contribution in [-0.2, 0) is 0 Å². The molecule has 0 radical (unpaired) electrons. The van der Waals surface area contributed by atoms with Crippen LogP contribution in [0.25, 0.3) is 0 Å². The van der Waals surface area contributed by atoms with E-state index in [2.05, 4.69) is 26.6 Å². The summed E-state index contributed by atoms with van der Waals surface area (Å²) in [5.41, 5.74) is 2.11. The second-order valence-corrected chi connectivity index (χ2v) is 7.22. The molecule has 138 valence electrons. The maximum absolute atomic E-state index is 12.6. The van der Waals surface area contributed by atoms with Crippen LogP contribution in [-0.4, -0.2) is 51.5 Å². The lowest BCUT2D eigenvalue weighted by molar-refractivity contribution is 0.0928. The average Bonchev–Trinajstić information content (AvgIpc) is 3.37. The second kappa shape index (κ2) is 7.45. The van der Waals surface area contributed by atoms with Crippen LogP contribution < -0.4 is 5.32 Å². The molecule has 26 heavy (non-hydrogen) atoms. The third kappa shape index (κ3) is 3.58. The predicted molar refractivity (Wildman–Crippen MR) is 96.7 cm³/mol. The first-order valence-corrected chi connectivity index (χ1v) is 9.32. The van der Waals surface area contributed by atoms with Crippen LogP contribution in [0.15, 0.2) is 40.8 Å². The highest BCUT2D eigenvalue weighted by molar-refractivity contribution is 5.95. The van der Waals surface area contributed by atoms with Crippen LogP contribution >= 0.6 is 0 Å². The fraction of sp³-hybridized carbons (Fsp3) is 0.526. The van der Waals surface area contributed by atoms with Gasteiger partial charge in [0.15, 0.2) is 0 Å². The molecule has 2 aliphatic rings. The molecule has 1 amide bonds. The topological polar surface area (TPSA) is 76.2 Å². The Labute approximate surface area is 153 Å². The van der Waals surface area contributed by atoms with E-state index in [-0.39, 0.29) is 18.0 Å². The minimum Gasteiger partial charge on any atom is -0.469 e. The molecule has 3 heterocycles. The molecule has 1 fully saturated rings. The normalized spacial score (nSPS) is 23.8. The van der Waals surface area contributed by atoms with Crippen LogP contribution in [0, 0.1) is 6.92 Å². The number of aryl methyl sites for hydroxylation is 1. The van der Waals surface area contributed by atoms with Crippen molar-refractivity contribution in [3.05, 3.63) is 47.7 Å². The Hall–Kier alpha value is -2.41. The molecule has 2 atom stereocenters. The Morgan fingerprint density at radius 1 is 1.38 bits per heavy atom. The van der Waals surface area contributed by atoms with E-state index < -0.39 is 0 Å². The molecule has 7 heteroatoms. The van der Waals surface area contributed by atoms with Gasteiger partial charge in [-0.1, -0.05) is 16.9 Å². The first kappa shape index (κ1) is 17.0. The smallest absolute Gasteiger partial charge is 0.255 e. The van der Waals surface area contributed by atoms with E-state index in [0.29, 0.717) is 11.3 Å². The maximum atomic E-state index is 12.6. The molecule has 0 bridgehead atoms. The van der Waals surface area contributed by atoms with Crippen LogP contribution in [0.2, 0.25) is 0 Å². The summed E-state index contributed by atoms with van der Waals surface area (Å²) in [7, 11) is 0. The minimum absolute atomic E-state index is 0.0114. The lowest BCUT2D eigenvalue weighted by Gasteiger charge is -2.20. The van der Waals surface area contributed by atoms with E-state index in [1.54, 1.807) is 25.5 Å². The first-order valence-electron chi connectivity index (χ1n) is 9.32. The molecular weight excluding hydrogens is 330 g/mol. The van der Waals surface area contributed by atoms with Gasteiger partial charge in [0, 0.05) is 25.8 Å². The van der Waals surface area contributed by atoms with Gasteiger partial charge in [-0.2, -0.15) is 0 Å². The van der Waals surface area contributed by atoms with Crippen molar-refractivity contribution in [1.82, 2.24) is 25.2 Å². The third-order valence-corrected chi connectivity index (χ3v) is 5.38. The number of likely N-dealkylation sites (tertiary alicyclic amines) is 1. The molecule has 1 N–H and O–H groups in total. The predicted octanol–water partition coefficient (Wildman–Crippen LogP) is 2.34. The number of allylic oxidation sites excluding steroid dienone is 1. The highest BCUT2D eigenvalue weighted by Gasteiger charge is 2.36. The first-order chi connectivity index (χ1) is 12.7. The summed E-state index contributed by atoms with van der Waals surface area (Å²) in [6, 6.07) is 1.79. The quantitative estimate of drug-likeness (QED) is 0.833. The molecule has 0 spiro atoms. The van der Waals surface area contributed by atoms with Crippen molar-refractivity contribution in [3.63, 3.8) is 0 Å². The molecule has 0 unspecified atom stereocenters. The van der Waals surface area contributed by atoms with Gasteiger partial charge in [-0.3, -0.25) is 9.69 Å². The molecule has 2 aromatic rings. The van der Waals surface area contributed by atoms with Gasteiger partial charge >= 0.3 is 0 Å². The monoisotopic (exact) mass is 355 g/mol. The summed E-state index contributed by atoms with van der Waals surface area (Å²) in [5.74, 6) is 0.548. The summed E-state index contributed by atoms with van der Waals surface area (Å²) in [6.07, 6.45) is 12.5. The van der Waals surface area contributed by atoms with Crippen molar-refractivity contribution < 1.29 is 9.21 Å². The SMILES string of the molecule is Cc1occc1C(=O)N[C@@H]1CN(CC2=CCCCC2)C[C@@H]1n1ccnn1. The Bertz CT molecular complexity index is 780. The zero-order valence-corrected chi connectivity index (χ0v) is 15.1. The minimum atomic E-state index is -0.0925. The highest BCUT2D eigenvalue weighted by atomic mass is 16.3. The van der Waals surface area contributed by atoms with Crippen molar-refractivity contribution in [1.29, 1.82) is 0 Å². The van der Waals surface area contributed by atoms with E-state index in [9.17, 15) is 4.79 Å². The number of furan rings is 1. The van der Waals surface area contributed by atoms with Crippen molar-refractivity contribution >= 4 is 5.91 Å². The molecule has 0 saturated carbocycles. The Morgan fingerprint density at radius 3 is 3.00 bits per heavy atom. The Morgan fingerprint density at radius 2 is 2.31 bits per heavy atom. The molecule has 2 aromatic heterocycles. The maximum Gasteiger partial charge on any atom is 0.255 e. The van der Waals surface area contributed by atoms with Gasteiger partial charge < -0.3 is 9.73 Å². The van der Waals surface area contributed by atoms with E-state index in [1.807, 2.05) is 10.9 Å². The number of nitrogens with one attached hydrogen (secondary N) is 1. The number of hydrogen-bond acceptors (Lipinski definition) is 5. The summed E-state index contributed by atoms with van der Waals surface area (Å²) in [4.78, 5) is 15.1. The summed E-state index contributed by atoms with van der Waals surface area (Å²) in [5, 5.41) is 11.3. The number of nitrogens with zero attached hydrogens (tertiary/aromatic N) is 4. The van der Waals surface area contributed by atoms with E-state index in [4.69, 9.17) is 4.42 Å². The Kier molecular flexibility index (Phi) is 4.88. The van der Waals surface area contributed by atoms with Crippen LogP contribution in [0.3, 0.4) is 0 Å². The van der Waals surface area contributed by atoms with Gasteiger partial charge in [-0.25, -0.2) is 4.68 Å². The van der Waals surface area contributed by atoms with Gasteiger partial charge in [0.25, 0.3) is 5.91 Å². The van der Waals surface area contributed by atoms with Crippen LogP contribution in [0.5, 0.6) is 0 Å².